The quantitative estimate of drug-likeness (QED) is 0.534. The number of aryl methyl sites for hydroxylation is 1. The lowest BCUT2D eigenvalue weighted by atomic mass is 9.85. The molecule has 0 bridgehead atoms. The molecule has 0 saturated carbocycles. The van der Waals surface area contributed by atoms with Gasteiger partial charge in [0.15, 0.2) is 12.4 Å². The second-order valence-electron chi connectivity index (χ2n) is 9.05. The van der Waals surface area contributed by atoms with E-state index in [0.29, 0.717) is 24.5 Å². The zero-order valence-electron chi connectivity index (χ0n) is 18.4. The Bertz CT molecular complexity index is 1100. The number of fused-ring (bicyclic) bond motifs is 1. The van der Waals surface area contributed by atoms with E-state index in [-0.39, 0.29) is 17.9 Å². The number of benzene rings is 2. The Morgan fingerprint density at radius 3 is 2.65 bits per heavy atom. The third-order valence-corrected chi connectivity index (χ3v) is 5.85. The molecule has 6 heteroatoms. The van der Waals surface area contributed by atoms with Crippen molar-refractivity contribution in [3.63, 3.8) is 0 Å². The van der Waals surface area contributed by atoms with Gasteiger partial charge in [0.1, 0.15) is 11.4 Å². The van der Waals surface area contributed by atoms with Gasteiger partial charge in [0.05, 0.1) is 6.54 Å². The summed E-state index contributed by atoms with van der Waals surface area (Å²) in [5.41, 5.74) is 5.01. The Morgan fingerprint density at radius 2 is 1.94 bits per heavy atom. The van der Waals surface area contributed by atoms with Crippen LogP contribution in [0.25, 0.3) is 11.3 Å². The van der Waals surface area contributed by atoms with Crippen molar-refractivity contribution in [3.8, 4) is 17.1 Å². The number of hydrogen-bond donors (Lipinski definition) is 0. The summed E-state index contributed by atoms with van der Waals surface area (Å²) in [6.07, 6.45) is 0.695. The smallest absolute Gasteiger partial charge is 0.260 e. The molecule has 4 rings (SSSR count). The summed E-state index contributed by atoms with van der Waals surface area (Å²) >= 11 is 5.98. The molecule has 0 fully saturated rings. The molecule has 0 radical (unpaired) electrons. The van der Waals surface area contributed by atoms with Gasteiger partial charge in [-0.25, -0.2) is 0 Å². The molecule has 0 N–H and O–H groups in total. The molecule has 0 saturated heterocycles. The number of amides is 1. The van der Waals surface area contributed by atoms with Crippen molar-refractivity contribution in [1.82, 2.24) is 10.1 Å². The number of hydrogen-bond acceptors (Lipinski definition) is 4. The summed E-state index contributed by atoms with van der Waals surface area (Å²) in [5, 5.41) is 4.90. The molecule has 0 unspecified atom stereocenters. The van der Waals surface area contributed by atoms with Gasteiger partial charge in [-0.15, -0.1) is 0 Å². The Kier molecular flexibility index (Phi) is 5.80. The highest BCUT2D eigenvalue weighted by molar-refractivity contribution is 6.30. The van der Waals surface area contributed by atoms with Crippen molar-refractivity contribution in [2.75, 3.05) is 13.2 Å². The van der Waals surface area contributed by atoms with Crippen LogP contribution in [0.1, 0.15) is 43.2 Å². The molecule has 162 valence electrons. The summed E-state index contributed by atoms with van der Waals surface area (Å²) in [4.78, 5) is 14.6. The second kappa shape index (κ2) is 8.39. The van der Waals surface area contributed by atoms with Crippen LogP contribution in [0.4, 0.5) is 0 Å². The number of carbonyl (C=O) groups is 1. The van der Waals surface area contributed by atoms with E-state index in [9.17, 15) is 4.79 Å². The first-order valence-corrected chi connectivity index (χ1v) is 10.9. The van der Waals surface area contributed by atoms with Crippen molar-refractivity contribution < 1.29 is 14.1 Å². The van der Waals surface area contributed by atoms with E-state index >= 15 is 0 Å². The summed E-state index contributed by atoms with van der Waals surface area (Å²) in [6, 6.07) is 13.6. The molecule has 2 heterocycles. The van der Waals surface area contributed by atoms with Gasteiger partial charge in [-0.2, -0.15) is 0 Å². The van der Waals surface area contributed by atoms with Crippen LogP contribution in [-0.2, 0) is 23.2 Å². The summed E-state index contributed by atoms with van der Waals surface area (Å²) < 4.78 is 11.6. The largest absolute Gasteiger partial charge is 0.483 e. The van der Waals surface area contributed by atoms with Gasteiger partial charge in [0, 0.05) is 22.7 Å². The van der Waals surface area contributed by atoms with Crippen LogP contribution < -0.4 is 4.74 Å². The number of carbonyl (C=O) groups excluding carboxylic acids is 1. The van der Waals surface area contributed by atoms with Gasteiger partial charge < -0.3 is 14.2 Å². The van der Waals surface area contributed by atoms with E-state index in [1.807, 2.05) is 36.4 Å². The first kappa shape index (κ1) is 21.4. The molecule has 2 aromatic carbocycles. The fourth-order valence-electron chi connectivity index (χ4n) is 3.86. The molecule has 1 amide bonds. The molecule has 31 heavy (non-hydrogen) atoms. The van der Waals surface area contributed by atoms with E-state index in [4.69, 9.17) is 20.9 Å². The van der Waals surface area contributed by atoms with Crippen LogP contribution in [0.2, 0.25) is 5.02 Å². The topological polar surface area (TPSA) is 55.6 Å². The molecule has 1 aliphatic heterocycles. The molecule has 3 aromatic rings. The highest BCUT2D eigenvalue weighted by atomic mass is 35.5. The predicted octanol–water partition coefficient (Wildman–Crippen LogP) is 5.56. The minimum Gasteiger partial charge on any atom is -0.483 e. The standard InChI is InChI=1S/C25H27ClN2O3/c1-16-5-10-22(20(13-16)25(2,3)4)30-15-23(29)28-12-11-19-21(14-28)27-31-24(19)17-6-8-18(26)9-7-17/h5-10,13H,11-12,14-15H2,1-4H3. The summed E-state index contributed by atoms with van der Waals surface area (Å²) in [7, 11) is 0. The second-order valence-corrected chi connectivity index (χ2v) is 9.48. The van der Waals surface area contributed by atoms with Crippen molar-refractivity contribution in [3.05, 3.63) is 69.9 Å². The van der Waals surface area contributed by atoms with E-state index in [2.05, 4.69) is 38.9 Å². The maximum atomic E-state index is 12.9. The lowest BCUT2D eigenvalue weighted by molar-refractivity contribution is -0.134. The third-order valence-electron chi connectivity index (χ3n) is 5.60. The van der Waals surface area contributed by atoms with Crippen LogP contribution in [-0.4, -0.2) is 29.1 Å². The minimum absolute atomic E-state index is 0.00334. The van der Waals surface area contributed by atoms with Gasteiger partial charge in [-0.05, 0) is 54.7 Å². The van der Waals surface area contributed by atoms with E-state index in [0.717, 1.165) is 33.9 Å². The molecular weight excluding hydrogens is 412 g/mol. The number of halogens is 1. The molecule has 1 aromatic heterocycles. The Balaban J connectivity index is 1.44. The number of nitrogens with zero attached hydrogens (tertiary/aromatic N) is 2. The van der Waals surface area contributed by atoms with E-state index in [1.165, 1.54) is 5.56 Å². The van der Waals surface area contributed by atoms with Gasteiger partial charge in [-0.3, -0.25) is 4.79 Å². The minimum atomic E-state index is -0.0663. The zero-order chi connectivity index (χ0) is 22.2. The summed E-state index contributed by atoms with van der Waals surface area (Å²) in [6.45, 7) is 9.53. The Hall–Kier alpha value is -2.79. The van der Waals surface area contributed by atoms with Crippen LogP contribution in [0.5, 0.6) is 5.75 Å². The van der Waals surface area contributed by atoms with Gasteiger partial charge >= 0.3 is 0 Å². The molecule has 5 nitrogen and oxygen atoms in total. The van der Waals surface area contributed by atoms with Crippen molar-refractivity contribution >= 4 is 17.5 Å². The highest BCUT2D eigenvalue weighted by Crippen LogP contribution is 2.33. The molecule has 0 atom stereocenters. The average molecular weight is 439 g/mol. The zero-order valence-corrected chi connectivity index (χ0v) is 19.1. The fraction of sp³-hybridized carbons (Fsp3) is 0.360. The van der Waals surface area contributed by atoms with Crippen molar-refractivity contribution in [2.45, 2.75) is 46.1 Å². The van der Waals surface area contributed by atoms with Crippen molar-refractivity contribution in [2.24, 2.45) is 0 Å². The first-order chi connectivity index (χ1) is 14.7. The molecule has 0 aliphatic carbocycles. The lowest BCUT2D eigenvalue weighted by Gasteiger charge is -2.27. The SMILES string of the molecule is Cc1ccc(OCC(=O)N2CCc3c(noc3-c3ccc(Cl)cc3)C2)c(C(C)(C)C)c1. The predicted molar refractivity (Wildman–Crippen MR) is 121 cm³/mol. The van der Waals surface area contributed by atoms with Crippen LogP contribution in [0.15, 0.2) is 47.0 Å². The molecule has 0 spiro atoms. The van der Waals surface area contributed by atoms with E-state index in [1.54, 1.807) is 4.90 Å². The molecule has 1 aliphatic rings. The fourth-order valence-corrected chi connectivity index (χ4v) is 3.98. The van der Waals surface area contributed by atoms with Crippen LogP contribution in [0, 0.1) is 6.92 Å². The van der Waals surface area contributed by atoms with Gasteiger partial charge in [0.2, 0.25) is 0 Å². The van der Waals surface area contributed by atoms with Crippen molar-refractivity contribution in [1.29, 1.82) is 0 Å². The number of aromatic nitrogens is 1. The maximum absolute atomic E-state index is 12.9. The number of rotatable bonds is 4. The lowest BCUT2D eigenvalue weighted by Crippen LogP contribution is -2.39. The van der Waals surface area contributed by atoms with Gasteiger partial charge in [-0.1, -0.05) is 55.2 Å². The Labute approximate surface area is 187 Å². The van der Waals surface area contributed by atoms with E-state index < -0.39 is 0 Å². The van der Waals surface area contributed by atoms with Crippen LogP contribution in [0.3, 0.4) is 0 Å². The third kappa shape index (κ3) is 4.62. The van der Waals surface area contributed by atoms with Gasteiger partial charge in [0.25, 0.3) is 5.91 Å². The van der Waals surface area contributed by atoms with Crippen LogP contribution >= 0.6 is 11.6 Å². The molecular formula is C25H27ClN2O3. The maximum Gasteiger partial charge on any atom is 0.260 e. The first-order valence-electron chi connectivity index (χ1n) is 10.5. The Morgan fingerprint density at radius 1 is 1.19 bits per heavy atom. The summed E-state index contributed by atoms with van der Waals surface area (Å²) in [5.74, 6) is 1.46. The normalized spacial score (nSPS) is 13.8. The number of ether oxygens (including phenoxy) is 1. The monoisotopic (exact) mass is 438 g/mol. The average Bonchev–Trinajstić information content (AvgIpc) is 3.15. The highest BCUT2D eigenvalue weighted by Gasteiger charge is 2.28.